The molecule has 1 fully saturated rings. The predicted molar refractivity (Wildman–Crippen MR) is 68.3 cm³/mol. The van der Waals surface area contributed by atoms with Crippen molar-refractivity contribution < 1.29 is 9.72 Å². The van der Waals surface area contributed by atoms with E-state index in [1.807, 2.05) is 0 Å². The molecular weight excluding hydrogens is 302 g/mol. The number of nitrogens with zero attached hydrogens (tertiary/aromatic N) is 2. The molecule has 0 unspecified atom stereocenters. The van der Waals surface area contributed by atoms with E-state index in [2.05, 4.69) is 26.2 Å². The summed E-state index contributed by atoms with van der Waals surface area (Å²) in [4.78, 5) is 25.4. The van der Waals surface area contributed by atoms with Gasteiger partial charge in [0, 0.05) is 12.6 Å². The Morgan fingerprint density at radius 3 is 2.94 bits per heavy atom. The fourth-order valence-corrected chi connectivity index (χ4v) is 1.99. The van der Waals surface area contributed by atoms with Crippen LogP contribution in [0.25, 0.3) is 0 Å². The summed E-state index contributed by atoms with van der Waals surface area (Å²) in [6.07, 6.45) is 4.71. The quantitative estimate of drug-likeness (QED) is 0.667. The molecule has 18 heavy (non-hydrogen) atoms. The van der Waals surface area contributed by atoms with Crippen LogP contribution in [-0.2, 0) is 0 Å². The maximum Gasteiger partial charge on any atom is 0.364 e. The minimum absolute atomic E-state index is 0.243. The van der Waals surface area contributed by atoms with E-state index in [-0.39, 0.29) is 17.3 Å². The molecule has 96 valence electrons. The highest BCUT2D eigenvalue weighted by Crippen LogP contribution is 2.31. The van der Waals surface area contributed by atoms with Crippen molar-refractivity contribution in [2.24, 2.45) is 5.92 Å². The molecule has 0 radical (unpaired) electrons. The second kappa shape index (κ2) is 5.43. The largest absolute Gasteiger partial charge is 0.364 e. The summed E-state index contributed by atoms with van der Waals surface area (Å²) >= 11 is 3.17. The third-order valence-corrected chi connectivity index (χ3v) is 3.44. The third-order valence-electron chi connectivity index (χ3n) is 2.81. The SMILES string of the molecule is O=C(NCCC1CC1)c1cc([N+](=O)[O-])ncc1Br. The van der Waals surface area contributed by atoms with Crippen molar-refractivity contribution in [2.45, 2.75) is 19.3 Å². The first-order chi connectivity index (χ1) is 8.58. The Morgan fingerprint density at radius 2 is 2.33 bits per heavy atom. The molecule has 0 atom stereocenters. The molecule has 0 aliphatic heterocycles. The van der Waals surface area contributed by atoms with Gasteiger partial charge in [-0.1, -0.05) is 12.8 Å². The first kappa shape index (κ1) is 12.9. The topological polar surface area (TPSA) is 85.1 Å². The Balaban J connectivity index is 2.02. The van der Waals surface area contributed by atoms with Crippen molar-refractivity contribution in [3.8, 4) is 0 Å². The van der Waals surface area contributed by atoms with Crippen LogP contribution in [0.2, 0.25) is 0 Å². The van der Waals surface area contributed by atoms with Gasteiger partial charge in [0.25, 0.3) is 5.91 Å². The molecule has 0 aromatic carbocycles. The second-order valence-electron chi connectivity index (χ2n) is 4.27. The molecule has 1 amide bonds. The zero-order valence-electron chi connectivity index (χ0n) is 9.56. The van der Waals surface area contributed by atoms with E-state index in [4.69, 9.17) is 0 Å². The van der Waals surface area contributed by atoms with Crippen LogP contribution in [0.4, 0.5) is 5.82 Å². The van der Waals surface area contributed by atoms with E-state index in [1.165, 1.54) is 25.1 Å². The van der Waals surface area contributed by atoms with E-state index in [0.717, 1.165) is 12.3 Å². The standard InChI is InChI=1S/C11H12BrN3O3/c12-9-6-14-10(15(17)18)5-8(9)11(16)13-4-3-7-1-2-7/h5-7H,1-4H2,(H,13,16). The average Bonchev–Trinajstić information content (AvgIpc) is 3.13. The molecule has 0 bridgehead atoms. The van der Waals surface area contributed by atoms with Gasteiger partial charge in [0.1, 0.15) is 0 Å². The van der Waals surface area contributed by atoms with Gasteiger partial charge in [-0.2, -0.15) is 0 Å². The lowest BCUT2D eigenvalue weighted by Crippen LogP contribution is -2.25. The van der Waals surface area contributed by atoms with Crippen LogP contribution < -0.4 is 5.32 Å². The molecule has 1 heterocycles. The monoisotopic (exact) mass is 313 g/mol. The van der Waals surface area contributed by atoms with Gasteiger partial charge in [0.05, 0.1) is 10.0 Å². The van der Waals surface area contributed by atoms with Gasteiger partial charge in [-0.05, 0) is 38.2 Å². The van der Waals surface area contributed by atoms with Crippen LogP contribution in [-0.4, -0.2) is 22.4 Å². The highest BCUT2D eigenvalue weighted by Gasteiger charge is 2.21. The molecule has 1 N–H and O–H groups in total. The Kier molecular flexibility index (Phi) is 3.90. The minimum Gasteiger partial charge on any atom is -0.358 e. The second-order valence-corrected chi connectivity index (χ2v) is 5.12. The molecule has 0 saturated heterocycles. The van der Waals surface area contributed by atoms with Gasteiger partial charge in [-0.3, -0.25) is 4.79 Å². The molecule has 1 aromatic heterocycles. The van der Waals surface area contributed by atoms with E-state index in [1.54, 1.807) is 0 Å². The van der Waals surface area contributed by atoms with Gasteiger partial charge >= 0.3 is 5.82 Å². The summed E-state index contributed by atoms with van der Waals surface area (Å²) in [5.74, 6) is 0.0964. The maximum atomic E-state index is 11.9. The number of halogens is 1. The van der Waals surface area contributed by atoms with Crippen molar-refractivity contribution in [1.82, 2.24) is 10.3 Å². The van der Waals surface area contributed by atoms with Crippen molar-refractivity contribution >= 4 is 27.7 Å². The molecular formula is C11H12BrN3O3. The number of carbonyl (C=O) groups is 1. The number of hydrogen-bond acceptors (Lipinski definition) is 4. The van der Waals surface area contributed by atoms with Crippen molar-refractivity contribution in [3.63, 3.8) is 0 Å². The number of amides is 1. The summed E-state index contributed by atoms with van der Waals surface area (Å²) in [5, 5.41) is 13.4. The maximum absolute atomic E-state index is 11.9. The lowest BCUT2D eigenvalue weighted by atomic mass is 10.2. The van der Waals surface area contributed by atoms with Crippen LogP contribution >= 0.6 is 15.9 Å². The van der Waals surface area contributed by atoms with Crippen LogP contribution in [0, 0.1) is 16.0 Å². The van der Waals surface area contributed by atoms with Crippen LogP contribution in [0.15, 0.2) is 16.7 Å². The van der Waals surface area contributed by atoms with Gasteiger partial charge in [0.15, 0.2) is 6.20 Å². The summed E-state index contributed by atoms with van der Waals surface area (Å²) in [6.45, 7) is 0.603. The van der Waals surface area contributed by atoms with E-state index in [9.17, 15) is 14.9 Å². The smallest absolute Gasteiger partial charge is 0.358 e. The molecule has 1 aliphatic rings. The van der Waals surface area contributed by atoms with Gasteiger partial charge < -0.3 is 15.4 Å². The van der Waals surface area contributed by atoms with E-state index in [0.29, 0.717) is 11.0 Å². The number of rotatable bonds is 5. The number of hydrogen-bond donors (Lipinski definition) is 1. The van der Waals surface area contributed by atoms with E-state index < -0.39 is 4.92 Å². The Bertz CT molecular complexity index is 488. The highest BCUT2D eigenvalue weighted by atomic mass is 79.9. The molecule has 7 heteroatoms. The average molecular weight is 314 g/mol. The van der Waals surface area contributed by atoms with Crippen LogP contribution in [0.5, 0.6) is 0 Å². The molecule has 1 aromatic rings. The molecule has 0 spiro atoms. The Hall–Kier alpha value is -1.50. The lowest BCUT2D eigenvalue weighted by molar-refractivity contribution is -0.389. The molecule has 1 saturated carbocycles. The molecule has 1 aliphatic carbocycles. The van der Waals surface area contributed by atoms with Gasteiger partial charge in [0.2, 0.25) is 0 Å². The summed E-state index contributed by atoms with van der Waals surface area (Å²) in [5.41, 5.74) is 0.243. The number of pyridine rings is 1. The highest BCUT2D eigenvalue weighted by molar-refractivity contribution is 9.10. The zero-order chi connectivity index (χ0) is 13.1. The number of nitrogens with one attached hydrogen (secondary N) is 1. The summed E-state index contributed by atoms with van der Waals surface area (Å²) in [6, 6.07) is 1.18. The van der Waals surface area contributed by atoms with Crippen molar-refractivity contribution in [1.29, 1.82) is 0 Å². The first-order valence-electron chi connectivity index (χ1n) is 5.66. The first-order valence-corrected chi connectivity index (χ1v) is 6.45. The van der Waals surface area contributed by atoms with Gasteiger partial charge in [-0.15, -0.1) is 0 Å². The normalized spacial score (nSPS) is 14.3. The van der Waals surface area contributed by atoms with Crippen LogP contribution in [0.1, 0.15) is 29.6 Å². The fraction of sp³-hybridized carbons (Fsp3) is 0.455. The van der Waals surface area contributed by atoms with Crippen molar-refractivity contribution in [3.05, 3.63) is 32.4 Å². The number of carbonyl (C=O) groups excluding carboxylic acids is 1. The number of nitro groups is 1. The Morgan fingerprint density at radius 1 is 1.61 bits per heavy atom. The number of aromatic nitrogens is 1. The minimum atomic E-state index is -0.618. The van der Waals surface area contributed by atoms with Crippen LogP contribution in [0.3, 0.4) is 0 Å². The predicted octanol–water partition coefficient (Wildman–Crippen LogP) is 2.28. The lowest BCUT2D eigenvalue weighted by Gasteiger charge is -2.05. The zero-order valence-corrected chi connectivity index (χ0v) is 11.1. The fourth-order valence-electron chi connectivity index (χ4n) is 1.59. The third kappa shape index (κ3) is 3.25. The Labute approximate surface area is 112 Å². The summed E-state index contributed by atoms with van der Waals surface area (Å²) in [7, 11) is 0. The van der Waals surface area contributed by atoms with Gasteiger partial charge in [-0.25, -0.2) is 0 Å². The molecule has 6 nitrogen and oxygen atoms in total. The van der Waals surface area contributed by atoms with Crippen molar-refractivity contribution in [2.75, 3.05) is 6.54 Å². The summed E-state index contributed by atoms with van der Waals surface area (Å²) < 4.78 is 0.456. The van der Waals surface area contributed by atoms with E-state index >= 15 is 0 Å². The molecule has 2 rings (SSSR count).